The van der Waals surface area contributed by atoms with Gasteiger partial charge in [0.15, 0.2) is 0 Å². The van der Waals surface area contributed by atoms with Crippen LogP contribution in [-0.2, 0) is 4.74 Å². The minimum atomic E-state index is -0.585. The molecule has 1 amide bonds. The van der Waals surface area contributed by atoms with E-state index in [4.69, 9.17) is 10.5 Å². The fraction of sp³-hybridized carbons (Fsp3) is 0.462. The van der Waals surface area contributed by atoms with E-state index in [1.165, 1.54) is 12.1 Å². The maximum absolute atomic E-state index is 13.1. The van der Waals surface area contributed by atoms with Crippen molar-refractivity contribution in [3.8, 4) is 0 Å². The van der Waals surface area contributed by atoms with E-state index < -0.39 is 5.82 Å². The van der Waals surface area contributed by atoms with Crippen LogP contribution in [0.3, 0.4) is 0 Å². The second kappa shape index (κ2) is 6.96. The second-order valence-electron chi connectivity index (χ2n) is 4.46. The Bertz CT molecular complexity index is 408. The number of halogens is 1. The Kier molecular flexibility index (Phi) is 5.58. The largest absolute Gasteiger partial charge is 0.396 e. The maximum Gasteiger partial charge on any atom is 0.251 e. The van der Waals surface area contributed by atoms with Crippen LogP contribution in [0.4, 0.5) is 10.1 Å². The Morgan fingerprint density at radius 3 is 2.83 bits per heavy atom. The van der Waals surface area contributed by atoms with E-state index in [-0.39, 0.29) is 17.2 Å². The molecule has 0 aliphatic carbocycles. The number of ether oxygens (including phenoxy) is 1. The minimum Gasteiger partial charge on any atom is -0.396 e. The Balaban J connectivity index is 2.34. The molecule has 4 nitrogen and oxygen atoms in total. The normalized spacial score (nSPS) is 10.7. The third-order valence-electron chi connectivity index (χ3n) is 2.25. The third-order valence-corrected chi connectivity index (χ3v) is 2.25. The Hall–Kier alpha value is -1.62. The van der Waals surface area contributed by atoms with Gasteiger partial charge in [-0.3, -0.25) is 4.79 Å². The summed E-state index contributed by atoms with van der Waals surface area (Å²) in [6.07, 6.45) is 0. The van der Waals surface area contributed by atoms with Crippen LogP contribution in [0, 0.1) is 11.7 Å². The highest BCUT2D eigenvalue weighted by Crippen LogP contribution is 2.11. The summed E-state index contributed by atoms with van der Waals surface area (Å²) in [7, 11) is 0. The van der Waals surface area contributed by atoms with Gasteiger partial charge >= 0.3 is 0 Å². The summed E-state index contributed by atoms with van der Waals surface area (Å²) < 4.78 is 18.5. The molecule has 0 aliphatic rings. The molecule has 0 saturated carbocycles. The van der Waals surface area contributed by atoms with Crippen molar-refractivity contribution in [2.45, 2.75) is 13.8 Å². The number of rotatable bonds is 6. The molecule has 1 rings (SSSR count). The number of nitrogens with two attached hydrogens (primary N) is 1. The summed E-state index contributed by atoms with van der Waals surface area (Å²) in [5.74, 6) is -0.451. The molecule has 0 fully saturated rings. The smallest absolute Gasteiger partial charge is 0.251 e. The summed E-state index contributed by atoms with van der Waals surface area (Å²) in [6, 6.07) is 3.99. The molecule has 1 aromatic rings. The molecule has 0 saturated heterocycles. The zero-order chi connectivity index (χ0) is 13.5. The molecule has 5 heteroatoms. The average Bonchev–Trinajstić information content (AvgIpc) is 2.31. The van der Waals surface area contributed by atoms with Gasteiger partial charge < -0.3 is 15.8 Å². The topological polar surface area (TPSA) is 64.3 Å². The fourth-order valence-electron chi connectivity index (χ4n) is 1.33. The molecule has 0 spiro atoms. The van der Waals surface area contributed by atoms with E-state index in [0.29, 0.717) is 25.7 Å². The van der Waals surface area contributed by atoms with Gasteiger partial charge in [0, 0.05) is 18.7 Å². The van der Waals surface area contributed by atoms with Crippen LogP contribution in [0.5, 0.6) is 0 Å². The minimum absolute atomic E-state index is 0.0341. The van der Waals surface area contributed by atoms with Gasteiger partial charge in [-0.15, -0.1) is 0 Å². The SMILES string of the molecule is CC(C)COCCNC(=O)c1ccc(N)c(F)c1. The van der Waals surface area contributed by atoms with Gasteiger partial charge in [-0.1, -0.05) is 13.8 Å². The van der Waals surface area contributed by atoms with E-state index in [0.717, 1.165) is 6.07 Å². The molecular formula is C13H19FN2O2. The van der Waals surface area contributed by atoms with Crippen LogP contribution in [0.25, 0.3) is 0 Å². The zero-order valence-electron chi connectivity index (χ0n) is 10.7. The van der Waals surface area contributed by atoms with Crippen molar-refractivity contribution in [1.29, 1.82) is 0 Å². The van der Waals surface area contributed by atoms with E-state index in [1.54, 1.807) is 0 Å². The van der Waals surface area contributed by atoms with Gasteiger partial charge in [0.1, 0.15) is 5.82 Å². The molecule has 1 aromatic carbocycles. The molecule has 100 valence electrons. The van der Waals surface area contributed by atoms with E-state index in [2.05, 4.69) is 19.2 Å². The number of benzene rings is 1. The molecule has 0 aromatic heterocycles. The number of amides is 1. The monoisotopic (exact) mass is 254 g/mol. The van der Waals surface area contributed by atoms with Crippen molar-refractivity contribution in [3.05, 3.63) is 29.6 Å². The molecule has 0 unspecified atom stereocenters. The van der Waals surface area contributed by atoms with E-state index in [1.807, 2.05) is 0 Å². The third kappa shape index (κ3) is 4.71. The highest BCUT2D eigenvalue weighted by atomic mass is 19.1. The van der Waals surface area contributed by atoms with Crippen molar-refractivity contribution in [3.63, 3.8) is 0 Å². The highest BCUT2D eigenvalue weighted by molar-refractivity contribution is 5.94. The fourth-order valence-corrected chi connectivity index (χ4v) is 1.33. The summed E-state index contributed by atoms with van der Waals surface area (Å²) in [6.45, 7) is 5.61. The lowest BCUT2D eigenvalue weighted by Crippen LogP contribution is -2.27. The lowest BCUT2D eigenvalue weighted by Gasteiger charge is -2.08. The summed E-state index contributed by atoms with van der Waals surface area (Å²) in [5, 5.41) is 2.65. The molecule has 0 atom stereocenters. The highest BCUT2D eigenvalue weighted by Gasteiger charge is 2.07. The molecule has 0 bridgehead atoms. The number of hydrogen-bond donors (Lipinski definition) is 2. The number of hydrogen-bond acceptors (Lipinski definition) is 3. The maximum atomic E-state index is 13.1. The molecule has 18 heavy (non-hydrogen) atoms. The van der Waals surface area contributed by atoms with Gasteiger partial charge in [0.05, 0.1) is 12.3 Å². The van der Waals surface area contributed by atoms with Crippen LogP contribution >= 0.6 is 0 Å². The first-order valence-corrected chi connectivity index (χ1v) is 5.91. The molecule has 3 N–H and O–H groups in total. The first-order valence-electron chi connectivity index (χ1n) is 5.91. The molecule has 0 radical (unpaired) electrons. The lowest BCUT2D eigenvalue weighted by molar-refractivity contribution is 0.0886. The van der Waals surface area contributed by atoms with E-state index >= 15 is 0 Å². The predicted molar refractivity (Wildman–Crippen MR) is 68.8 cm³/mol. The second-order valence-corrected chi connectivity index (χ2v) is 4.46. The number of carbonyl (C=O) groups is 1. The van der Waals surface area contributed by atoms with Crippen molar-refractivity contribution >= 4 is 11.6 Å². The van der Waals surface area contributed by atoms with Gasteiger partial charge in [0.2, 0.25) is 0 Å². The zero-order valence-corrected chi connectivity index (χ0v) is 10.7. The summed E-state index contributed by atoms with van der Waals surface area (Å²) >= 11 is 0. The van der Waals surface area contributed by atoms with Crippen LogP contribution < -0.4 is 11.1 Å². The van der Waals surface area contributed by atoms with Crippen LogP contribution in [0.2, 0.25) is 0 Å². The number of anilines is 1. The Morgan fingerprint density at radius 2 is 2.22 bits per heavy atom. The van der Waals surface area contributed by atoms with Gasteiger partial charge in [-0.25, -0.2) is 4.39 Å². The van der Waals surface area contributed by atoms with Crippen molar-refractivity contribution < 1.29 is 13.9 Å². The molecular weight excluding hydrogens is 235 g/mol. The Morgan fingerprint density at radius 1 is 1.50 bits per heavy atom. The average molecular weight is 254 g/mol. The summed E-state index contributed by atoms with van der Waals surface area (Å²) in [5.41, 5.74) is 5.62. The van der Waals surface area contributed by atoms with Crippen molar-refractivity contribution in [1.82, 2.24) is 5.32 Å². The van der Waals surface area contributed by atoms with Gasteiger partial charge in [-0.05, 0) is 24.1 Å². The standard InChI is InChI=1S/C13H19FN2O2/c1-9(2)8-18-6-5-16-13(17)10-3-4-12(15)11(14)7-10/h3-4,7,9H,5-6,8,15H2,1-2H3,(H,16,17). The van der Waals surface area contributed by atoms with Crippen LogP contribution in [-0.4, -0.2) is 25.7 Å². The van der Waals surface area contributed by atoms with Gasteiger partial charge in [-0.2, -0.15) is 0 Å². The predicted octanol–water partition coefficient (Wildman–Crippen LogP) is 1.81. The molecule has 0 heterocycles. The summed E-state index contributed by atoms with van der Waals surface area (Å²) in [4.78, 5) is 11.6. The number of nitrogens with one attached hydrogen (secondary N) is 1. The van der Waals surface area contributed by atoms with Crippen molar-refractivity contribution in [2.24, 2.45) is 5.92 Å². The number of nitrogen functional groups attached to an aromatic ring is 1. The quantitative estimate of drug-likeness (QED) is 0.601. The van der Waals surface area contributed by atoms with Crippen LogP contribution in [0.1, 0.15) is 24.2 Å². The van der Waals surface area contributed by atoms with Gasteiger partial charge in [0.25, 0.3) is 5.91 Å². The van der Waals surface area contributed by atoms with E-state index in [9.17, 15) is 9.18 Å². The van der Waals surface area contributed by atoms with Crippen LogP contribution in [0.15, 0.2) is 18.2 Å². The number of carbonyl (C=O) groups excluding carboxylic acids is 1. The Labute approximate surface area is 106 Å². The first-order chi connectivity index (χ1) is 8.50. The first kappa shape index (κ1) is 14.4. The molecule has 0 aliphatic heterocycles. The lowest BCUT2D eigenvalue weighted by atomic mass is 10.2. The van der Waals surface area contributed by atoms with Crippen molar-refractivity contribution in [2.75, 3.05) is 25.5 Å².